The van der Waals surface area contributed by atoms with Gasteiger partial charge in [-0.3, -0.25) is 0 Å². The van der Waals surface area contributed by atoms with E-state index < -0.39 is 5.82 Å². The van der Waals surface area contributed by atoms with E-state index in [9.17, 15) is 4.39 Å². The van der Waals surface area contributed by atoms with Crippen LogP contribution in [0.4, 0.5) is 10.3 Å². The third kappa shape index (κ3) is 1.68. The Hall–Kier alpha value is -1.55. The summed E-state index contributed by atoms with van der Waals surface area (Å²) in [5.74, 6) is -0.316. The van der Waals surface area contributed by atoms with Crippen LogP contribution in [0, 0.1) is 12.7 Å². The monoisotopic (exact) mass is 226 g/mol. The fraction of sp³-hybridized carbons (Fsp3) is 0.100. The van der Waals surface area contributed by atoms with Crippen LogP contribution in [-0.4, -0.2) is 5.16 Å². The quantitative estimate of drug-likeness (QED) is 0.813. The van der Waals surface area contributed by atoms with Crippen LogP contribution in [-0.2, 0) is 0 Å². The number of rotatable bonds is 1. The van der Waals surface area contributed by atoms with E-state index in [2.05, 4.69) is 5.16 Å². The summed E-state index contributed by atoms with van der Waals surface area (Å²) >= 11 is 5.84. The van der Waals surface area contributed by atoms with Gasteiger partial charge in [0.25, 0.3) is 0 Å². The van der Waals surface area contributed by atoms with E-state index in [4.69, 9.17) is 21.9 Å². The molecule has 1 aromatic heterocycles. The van der Waals surface area contributed by atoms with E-state index in [-0.39, 0.29) is 10.9 Å². The maximum Gasteiger partial charge on any atom is 0.222 e. The molecule has 0 aliphatic heterocycles. The first-order valence-corrected chi connectivity index (χ1v) is 4.64. The first-order chi connectivity index (χ1) is 7.09. The molecule has 1 aromatic carbocycles. The Bertz CT molecular complexity index is 510. The standard InChI is InChI=1S/C10H8ClFN2O/c1-5-2-3-6(12)10(11)9(5)7-4-8(13)15-14-7/h2-4H,13H2,1H3. The van der Waals surface area contributed by atoms with Crippen LogP contribution in [0.2, 0.25) is 5.02 Å². The van der Waals surface area contributed by atoms with Gasteiger partial charge in [0.05, 0.1) is 5.02 Å². The molecular formula is C10H8ClFN2O. The number of nitrogens with two attached hydrogens (primary N) is 1. The number of nitrogen functional groups attached to an aromatic ring is 1. The zero-order valence-electron chi connectivity index (χ0n) is 7.92. The van der Waals surface area contributed by atoms with Gasteiger partial charge in [-0.2, -0.15) is 0 Å². The Morgan fingerprint density at radius 2 is 2.20 bits per heavy atom. The zero-order chi connectivity index (χ0) is 11.0. The van der Waals surface area contributed by atoms with E-state index in [0.717, 1.165) is 5.56 Å². The van der Waals surface area contributed by atoms with Gasteiger partial charge in [-0.25, -0.2) is 4.39 Å². The minimum absolute atomic E-state index is 0.0308. The predicted molar refractivity (Wildman–Crippen MR) is 56.1 cm³/mol. The van der Waals surface area contributed by atoms with Crippen LogP contribution >= 0.6 is 11.6 Å². The Kier molecular flexibility index (Phi) is 2.36. The summed E-state index contributed by atoms with van der Waals surface area (Å²) < 4.78 is 17.9. The van der Waals surface area contributed by atoms with Gasteiger partial charge in [-0.1, -0.05) is 22.8 Å². The molecule has 0 bridgehead atoms. The van der Waals surface area contributed by atoms with Crippen molar-refractivity contribution in [2.45, 2.75) is 6.92 Å². The third-order valence-corrected chi connectivity index (χ3v) is 2.46. The van der Waals surface area contributed by atoms with Crippen LogP contribution < -0.4 is 5.73 Å². The molecule has 3 nitrogen and oxygen atoms in total. The number of nitrogens with zero attached hydrogens (tertiary/aromatic N) is 1. The summed E-state index contributed by atoms with van der Waals surface area (Å²) in [6, 6.07) is 4.44. The van der Waals surface area contributed by atoms with Gasteiger partial charge in [0.2, 0.25) is 5.88 Å². The fourth-order valence-corrected chi connectivity index (χ4v) is 1.68. The van der Waals surface area contributed by atoms with Crippen molar-refractivity contribution < 1.29 is 8.91 Å². The van der Waals surface area contributed by atoms with E-state index in [1.165, 1.54) is 12.1 Å². The van der Waals surface area contributed by atoms with E-state index in [1.807, 2.05) is 6.92 Å². The molecule has 0 aliphatic rings. The molecule has 78 valence electrons. The maximum atomic E-state index is 13.2. The Morgan fingerprint density at radius 1 is 1.47 bits per heavy atom. The number of aromatic nitrogens is 1. The van der Waals surface area contributed by atoms with E-state index in [0.29, 0.717) is 11.3 Å². The van der Waals surface area contributed by atoms with Crippen molar-refractivity contribution in [1.82, 2.24) is 5.16 Å². The molecule has 1 heterocycles. The van der Waals surface area contributed by atoms with Crippen molar-refractivity contribution in [3.05, 3.63) is 34.6 Å². The van der Waals surface area contributed by atoms with Crippen molar-refractivity contribution in [3.63, 3.8) is 0 Å². The minimum atomic E-state index is -0.487. The summed E-state index contributed by atoms with van der Waals surface area (Å²) in [6.07, 6.45) is 0. The Morgan fingerprint density at radius 3 is 2.80 bits per heavy atom. The van der Waals surface area contributed by atoms with Crippen molar-refractivity contribution in [1.29, 1.82) is 0 Å². The lowest BCUT2D eigenvalue weighted by Gasteiger charge is -2.04. The molecular weight excluding hydrogens is 219 g/mol. The molecule has 2 aromatic rings. The molecule has 0 fully saturated rings. The highest BCUT2D eigenvalue weighted by atomic mass is 35.5. The number of hydrogen-bond acceptors (Lipinski definition) is 3. The second kappa shape index (κ2) is 3.55. The predicted octanol–water partition coefficient (Wildman–Crippen LogP) is 3.02. The molecule has 0 atom stereocenters. The summed E-state index contributed by atoms with van der Waals surface area (Å²) in [4.78, 5) is 0. The second-order valence-corrected chi connectivity index (χ2v) is 3.55. The van der Waals surface area contributed by atoms with Gasteiger partial charge in [0.15, 0.2) is 0 Å². The molecule has 0 radical (unpaired) electrons. The smallest absolute Gasteiger partial charge is 0.222 e. The van der Waals surface area contributed by atoms with Crippen molar-refractivity contribution in [2.24, 2.45) is 0 Å². The SMILES string of the molecule is Cc1ccc(F)c(Cl)c1-c1cc(N)on1. The molecule has 0 amide bonds. The minimum Gasteiger partial charge on any atom is -0.368 e. The van der Waals surface area contributed by atoms with Gasteiger partial charge >= 0.3 is 0 Å². The molecule has 0 saturated heterocycles. The van der Waals surface area contributed by atoms with Crippen LogP contribution in [0.15, 0.2) is 22.7 Å². The highest BCUT2D eigenvalue weighted by molar-refractivity contribution is 6.33. The first kappa shape index (κ1) is 9.98. The average molecular weight is 227 g/mol. The number of halogens is 2. The van der Waals surface area contributed by atoms with Crippen LogP contribution in [0.3, 0.4) is 0 Å². The molecule has 0 aliphatic carbocycles. The third-order valence-electron chi connectivity index (χ3n) is 2.09. The highest BCUT2D eigenvalue weighted by Crippen LogP contribution is 2.32. The number of hydrogen-bond donors (Lipinski definition) is 1. The van der Waals surface area contributed by atoms with Crippen molar-refractivity contribution >= 4 is 17.5 Å². The van der Waals surface area contributed by atoms with Crippen LogP contribution in [0.1, 0.15) is 5.56 Å². The van der Waals surface area contributed by atoms with Crippen LogP contribution in [0.5, 0.6) is 0 Å². The topological polar surface area (TPSA) is 52.0 Å². The summed E-state index contributed by atoms with van der Waals surface area (Å²) in [6.45, 7) is 1.81. The average Bonchev–Trinajstić information content (AvgIpc) is 2.59. The highest BCUT2D eigenvalue weighted by Gasteiger charge is 2.14. The Balaban J connectivity index is 2.66. The summed E-state index contributed by atoms with van der Waals surface area (Å²) in [5.41, 5.74) is 7.15. The Labute approximate surface area is 90.6 Å². The molecule has 2 rings (SSSR count). The van der Waals surface area contributed by atoms with Gasteiger partial charge < -0.3 is 10.3 Å². The molecule has 2 N–H and O–H groups in total. The largest absolute Gasteiger partial charge is 0.368 e. The van der Waals surface area contributed by atoms with Gasteiger partial charge in [0, 0.05) is 11.6 Å². The van der Waals surface area contributed by atoms with Crippen LogP contribution in [0.25, 0.3) is 11.3 Å². The molecule has 5 heteroatoms. The van der Waals surface area contributed by atoms with Gasteiger partial charge in [-0.05, 0) is 18.6 Å². The molecule has 0 spiro atoms. The molecule has 0 saturated carbocycles. The first-order valence-electron chi connectivity index (χ1n) is 4.26. The van der Waals surface area contributed by atoms with E-state index >= 15 is 0 Å². The normalized spacial score (nSPS) is 10.6. The second-order valence-electron chi connectivity index (χ2n) is 3.17. The lowest BCUT2D eigenvalue weighted by atomic mass is 10.1. The number of aryl methyl sites for hydroxylation is 1. The zero-order valence-corrected chi connectivity index (χ0v) is 8.68. The maximum absolute atomic E-state index is 13.2. The van der Waals surface area contributed by atoms with Gasteiger partial charge in [0.1, 0.15) is 11.5 Å². The molecule has 0 unspecified atom stereocenters. The summed E-state index contributed by atoms with van der Waals surface area (Å²) in [5, 5.41) is 3.73. The lowest BCUT2D eigenvalue weighted by molar-refractivity contribution is 0.439. The van der Waals surface area contributed by atoms with E-state index in [1.54, 1.807) is 6.07 Å². The number of benzene rings is 1. The fourth-order valence-electron chi connectivity index (χ4n) is 1.37. The summed E-state index contributed by atoms with van der Waals surface area (Å²) in [7, 11) is 0. The van der Waals surface area contributed by atoms with Crippen molar-refractivity contribution in [2.75, 3.05) is 5.73 Å². The number of anilines is 1. The van der Waals surface area contributed by atoms with Gasteiger partial charge in [-0.15, -0.1) is 0 Å². The lowest BCUT2D eigenvalue weighted by Crippen LogP contribution is -1.88. The van der Waals surface area contributed by atoms with Crippen molar-refractivity contribution in [3.8, 4) is 11.3 Å². The molecule has 15 heavy (non-hydrogen) atoms.